The number of rotatable bonds is 6. The first-order chi connectivity index (χ1) is 10.9. The second kappa shape index (κ2) is 6.81. The summed E-state index contributed by atoms with van der Waals surface area (Å²) in [6, 6.07) is 9.08. The summed E-state index contributed by atoms with van der Waals surface area (Å²) < 4.78 is 0. The van der Waals surface area contributed by atoms with Crippen LogP contribution in [0.4, 0.5) is 4.79 Å². The lowest BCUT2D eigenvalue weighted by Gasteiger charge is -2.22. The Hall–Kier alpha value is -2.37. The molecule has 0 unspecified atom stereocenters. The van der Waals surface area contributed by atoms with E-state index in [1.165, 1.54) is 4.90 Å². The largest absolute Gasteiger partial charge is 0.340 e. The van der Waals surface area contributed by atoms with Gasteiger partial charge in [-0.25, -0.2) is 4.79 Å². The Balaban J connectivity index is 1.99. The second-order valence-electron chi connectivity index (χ2n) is 6.14. The van der Waals surface area contributed by atoms with Crippen LogP contribution in [0.2, 0.25) is 0 Å². The lowest BCUT2D eigenvalue weighted by Crippen LogP contribution is -2.45. The maximum absolute atomic E-state index is 12.4. The summed E-state index contributed by atoms with van der Waals surface area (Å²) in [5.74, 6) is -0.594. The third-order valence-electron chi connectivity index (χ3n) is 4.08. The molecule has 0 bridgehead atoms. The SMILES string of the molecule is CCC[C@@]1(C)NC(=O)N(CC(=O)N(C)Cc2ccccc2)C1=O. The Morgan fingerprint density at radius 3 is 2.52 bits per heavy atom. The van der Waals surface area contributed by atoms with Crippen LogP contribution in [0.3, 0.4) is 0 Å². The summed E-state index contributed by atoms with van der Waals surface area (Å²) in [6.07, 6.45) is 1.33. The number of amides is 4. The molecule has 23 heavy (non-hydrogen) atoms. The first-order valence-electron chi connectivity index (χ1n) is 7.79. The van der Waals surface area contributed by atoms with E-state index in [1.54, 1.807) is 14.0 Å². The molecule has 1 atom stereocenters. The number of benzene rings is 1. The molecule has 6 heteroatoms. The summed E-state index contributed by atoms with van der Waals surface area (Å²) in [5.41, 5.74) is 0.0979. The highest BCUT2D eigenvalue weighted by Gasteiger charge is 2.47. The van der Waals surface area contributed by atoms with E-state index >= 15 is 0 Å². The Labute approximate surface area is 136 Å². The average Bonchev–Trinajstić information content (AvgIpc) is 2.72. The number of nitrogens with one attached hydrogen (secondary N) is 1. The van der Waals surface area contributed by atoms with E-state index in [2.05, 4.69) is 5.32 Å². The smallest absolute Gasteiger partial charge is 0.325 e. The van der Waals surface area contributed by atoms with Gasteiger partial charge in [-0.1, -0.05) is 43.7 Å². The Morgan fingerprint density at radius 1 is 1.26 bits per heavy atom. The van der Waals surface area contributed by atoms with Gasteiger partial charge in [0, 0.05) is 13.6 Å². The van der Waals surface area contributed by atoms with Gasteiger partial charge in [0.25, 0.3) is 5.91 Å². The molecule has 124 valence electrons. The van der Waals surface area contributed by atoms with E-state index in [4.69, 9.17) is 0 Å². The van der Waals surface area contributed by atoms with Gasteiger partial charge in [-0.15, -0.1) is 0 Å². The minimum Gasteiger partial charge on any atom is -0.340 e. The first kappa shape index (κ1) is 17.0. The van der Waals surface area contributed by atoms with Gasteiger partial charge in [-0.2, -0.15) is 0 Å². The molecule has 1 aromatic rings. The summed E-state index contributed by atoms with van der Waals surface area (Å²) >= 11 is 0. The van der Waals surface area contributed by atoms with Crippen molar-refractivity contribution < 1.29 is 14.4 Å². The normalized spacial score (nSPS) is 20.6. The predicted octanol–water partition coefficient (Wildman–Crippen LogP) is 1.76. The van der Waals surface area contributed by atoms with Gasteiger partial charge >= 0.3 is 6.03 Å². The standard InChI is InChI=1S/C17H23N3O3/c1-4-10-17(2)15(22)20(16(23)18-17)12-14(21)19(3)11-13-8-6-5-7-9-13/h5-9H,4,10-12H2,1-3H3,(H,18,23)/t17-/m1/s1. The van der Waals surface area contributed by atoms with Gasteiger partial charge in [-0.05, 0) is 18.9 Å². The van der Waals surface area contributed by atoms with Crippen molar-refractivity contribution in [3.8, 4) is 0 Å². The molecule has 0 spiro atoms. The lowest BCUT2D eigenvalue weighted by molar-refractivity contribution is -0.138. The molecule has 1 aliphatic rings. The molecule has 1 aromatic carbocycles. The molecule has 1 saturated heterocycles. The van der Waals surface area contributed by atoms with Crippen molar-refractivity contribution in [1.29, 1.82) is 0 Å². The number of imide groups is 1. The van der Waals surface area contributed by atoms with Crippen molar-refractivity contribution in [2.24, 2.45) is 0 Å². The van der Waals surface area contributed by atoms with Gasteiger partial charge in [-0.3, -0.25) is 14.5 Å². The molecule has 0 saturated carbocycles. The molecule has 0 radical (unpaired) electrons. The molecule has 6 nitrogen and oxygen atoms in total. The first-order valence-corrected chi connectivity index (χ1v) is 7.79. The van der Waals surface area contributed by atoms with E-state index in [0.717, 1.165) is 16.9 Å². The van der Waals surface area contributed by atoms with Gasteiger partial charge in [0.05, 0.1) is 0 Å². The summed E-state index contributed by atoms with van der Waals surface area (Å²) in [7, 11) is 1.67. The fraction of sp³-hybridized carbons (Fsp3) is 0.471. The van der Waals surface area contributed by atoms with Gasteiger partial charge < -0.3 is 10.2 Å². The van der Waals surface area contributed by atoms with Crippen LogP contribution in [0.5, 0.6) is 0 Å². The molecule has 1 fully saturated rings. The van der Waals surface area contributed by atoms with E-state index in [1.807, 2.05) is 37.3 Å². The molecule has 0 aromatic heterocycles. The monoisotopic (exact) mass is 317 g/mol. The van der Waals surface area contributed by atoms with Gasteiger partial charge in [0.2, 0.25) is 5.91 Å². The van der Waals surface area contributed by atoms with Crippen molar-refractivity contribution >= 4 is 17.8 Å². The van der Waals surface area contributed by atoms with Crippen molar-refractivity contribution in [1.82, 2.24) is 15.1 Å². The number of urea groups is 1. The van der Waals surface area contributed by atoms with Gasteiger partial charge in [0.1, 0.15) is 12.1 Å². The fourth-order valence-electron chi connectivity index (χ4n) is 2.76. The minimum absolute atomic E-state index is 0.229. The van der Waals surface area contributed by atoms with Crippen LogP contribution in [0.1, 0.15) is 32.3 Å². The van der Waals surface area contributed by atoms with Crippen molar-refractivity contribution in [2.45, 2.75) is 38.8 Å². The Kier molecular flexibility index (Phi) is 5.03. The van der Waals surface area contributed by atoms with Crippen molar-refractivity contribution in [2.75, 3.05) is 13.6 Å². The van der Waals surface area contributed by atoms with Crippen LogP contribution < -0.4 is 5.32 Å². The molecule has 2 rings (SSSR count). The predicted molar refractivity (Wildman–Crippen MR) is 86.5 cm³/mol. The Bertz CT molecular complexity index is 602. The summed E-state index contributed by atoms with van der Waals surface area (Å²) in [5, 5.41) is 2.69. The van der Waals surface area contributed by atoms with E-state index in [9.17, 15) is 14.4 Å². The Morgan fingerprint density at radius 2 is 1.91 bits per heavy atom. The third kappa shape index (κ3) is 3.70. The van der Waals surface area contributed by atoms with Crippen molar-refractivity contribution in [3.05, 3.63) is 35.9 Å². The molecular weight excluding hydrogens is 294 g/mol. The topological polar surface area (TPSA) is 69.7 Å². The summed E-state index contributed by atoms with van der Waals surface area (Å²) in [4.78, 5) is 39.3. The number of nitrogens with zero attached hydrogens (tertiary/aromatic N) is 2. The summed E-state index contributed by atoms with van der Waals surface area (Å²) in [6.45, 7) is 3.86. The zero-order valence-corrected chi connectivity index (χ0v) is 13.8. The fourth-order valence-corrected chi connectivity index (χ4v) is 2.76. The highest BCUT2D eigenvalue weighted by atomic mass is 16.2. The molecule has 1 aliphatic heterocycles. The van der Waals surface area contributed by atoms with E-state index in [0.29, 0.717) is 13.0 Å². The second-order valence-corrected chi connectivity index (χ2v) is 6.14. The van der Waals surface area contributed by atoms with Crippen LogP contribution in [0, 0.1) is 0 Å². The van der Waals surface area contributed by atoms with Crippen LogP contribution in [-0.2, 0) is 16.1 Å². The van der Waals surface area contributed by atoms with Crippen LogP contribution in [0.25, 0.3) is 0 Å². The highest BCUT2D eigenvalue weighted by Crippen LogP contribution is 2.22. The highest BCUT2D eigenvalue weighted by molar-refractivity contribution is 6.08. The maximum Gasteiger partial charge on any atom is 0.325 e. The average molecular weight is 317 g/mol. The molecule has 1 heterocycles. The number of carbonyl (C=O) groups excluding carboxylic acids is 3. The quantitative estimate of drug-likeness (QED) is 0.813. The van der Waals surface area contributed by atoms with Crippen LogP contribution in [-0.4, -0.2) is 46.8 Å². The minimum atomic E-state index is -0.899. The number of hydrogen-bond acceptors (Lipinski definition) is 3. The van der Waals surface area contributed by atoms with Crippen molar-refractivity contribution in [3.63, 3.8) is 0 Å². The molecular formula is C17H23N3O3. The third-order valence-corrected chi connectivity index (χ3v) is 4.08. The maximum atomic E-state index is 12.4. The number of carbonyl (C=O) groups is 3. The van der Waals surface area contributed by atoms with E-state index in [-0.39, 0.29) is 18.4 Å². The zero-order valence-electron chi connectivity index (χ0n) is 13.8. The van der Waals surface area contributed by atoms with E-state index < -0.39 is 11.6 Å². The number of likely N-dealkylation sites (N-methyl/N-ethyl adjacent to an activating group) is 1. The van der Waals surface area contributed by atoms with Gasteiger partial charge in [0.15, 0.2) is 0 Å². The van der Waals surface area contributed by atoms with Crippen LogP contribution >= 0.6 is 0 Å². The molecule has 4 amide bonds. The van der Waals surface area contributed by atoms with Crippen LogP contribution in [0.15, 0.2) is 30.3 Å². The molecule has 0 aliphatic carbocycles. The lowest BCUT2D eigenvalue weighted by atomic mass is 9.96. The number of hydrogen-bond donors (Lipinski definition) is 1. The zero-order chi connectivity index (χ0) is 17.0. The molecule has 1 N–H and O–H groups in total.